The van der Waals surface area contributed by atoms with E-state index in [-0.39, 0.29) is 17.0 Å². The Kier molecular flexibility index (Phi) is 8.52. The zero-order valence-electron chi connectivity index (χ0n) is 21.6. The highest BCUT2D eigenvalue weighted by Crippen LogP contribution is 2.38. The number of rotatable bonds is 8. The van der Waals surface area contributed by atoms with Crippen LogP contribution in [0.15, 0.2) is 42.5 Å². The Bertz CT molecular complexity index is 1050. The lowest BCUT2D eigenvalue weighted by Gasteiger charge is -2.34. The number of carbonyl (C=O) groups excluding carboxylic acids is 2. The van der Waals surface area contributed by atoms with Gasteiger partial charge in [-0.1, -0.05) is 41.9 Å². The van der Waals surface area contributed by atoms with Crippen molar-refractivity contribution < 1.29 is 14.3 Å². The molecule has 2 amide bonds. The van der Waals surface area contributed by atoms with Gasteiger partial charge in [0.25, 0.3) is 11.8 Å². The van der Waals surface area contributed by atoms with E-state index in [4.69, 9.17) is 16.3 Å². The molecule has 2 aliphatic heterocycles. The lowest BCUT2D eigenvalue weighted by Crippen LogP contribution is -2.45. The monoisotopic (exact) mass is 512 g/mol. The molecule has 1 aromatic carbocycles. The van der Waals surface area contributed by atoms with Crippen molar-refractivity contribution in [3.63, 3.8) is 0 Å². The maximum atomic E-state index is 13.4. The number of benzene rings is 1. The quantitative estimate of drug-likeness (QED) is 0.484. The molecule has 36 heavy (non-hydrogen) atoms. The molecule has 2 aliphatic rings. The number of hydrogen-bond acceptors (Lipinski definition) is 5. The number of aromatic nitrogens is 1. The van der Waals surface area contributed by atoms with Gasteiger partial charge in [-0.05, 0) is 62.1 Å². The first-order chi connectivity index (χ1) is 17.3. The largest absolute Gasteiger partial charge is 0.360 e. The van der Waals surface area contributed by atoms with Gasteiger partial charge in [0, 0.05) is 47.4 Å². The van der Waals surface area contributed by atoms with Gasteiger partial charge in [0.05, 0.1) is 5.56 Å². The topological polar surface area (TPSA) is 66.0 Å². The molecule has 7 nitrogen and oxygen atoms in total. The van der Waals surface area contributed by atoms with Crippen LogP contribution in [0.1, 0.15) is 54.4 Å². The van der Waals surface area contributed by atoms with Crippen molar-refractivity contribution in [2.75, 3.05) is 52.3 Å². The lowest BCUT2D eigenvalue weighted by molar-refractivity contribution is -0.153. The number of ether oxygens (including phenoxy) is 1. The minimum Gasteiger partial charge on any atom is -0.360 e. The summed E-state index contributed by atoms with van der Waals surface area (Å²) in [5.41, 5.74) is 0.554. The van der Waals surface area contributed by atoms with Crippen molar-refractivity contribution in [2.45, 2.75) is 44.1 Å². The van der Waals surface area contributed by atoms with Crippen LogP contribution in [-0.2, 0) is 15.1 Å². The molecule has 2 aromatic rings. The van der Waals surface area contributed by atoms with Gasteiger partial charge in [-0.15, -0.1) is 0 Å². The van der Waals surface area contributed by atoms with Crippen molar-refractivity contribution in [1.82, 2.24) is 14.8 Å². The van der Waals surface area contributed by atoms with Crippen molar-refractivity contribution in [2.24, 2.45) is 5.92 Å². The van der Waals surface area contributed by atoms with Crippen molar-refractivity contribution >= 4 is 29.2 Å². The van der Waals surface area contributed by atoms with Gasteiger partial charge in [0.2, 0.25) is 0 Å². The van der Waals surface area contributed by atoms with Crippen molar-refractivity contribution in [3.8, 4) is 0 Å². The smallest absolute Gasteiger partial charge is 0.259 e. The molecule has 0 aliphatic carbocycles. The van der Waals surface area contributed by atoms with E-state index in [0.29, 0.717) is 18.1 Å². The Balaban J connectivity index is 1.25. The maximum Gasteiger partial charge on any atom is 0.259 e. The molecule has 2 saturated heterocycles. The molecule has 0 N–H and O–H groups in total. The number of carbonyl (C=O) groups is 2. The van der Waals surface area contributed by atoms with Gasteiger partial charge in [-0.2, -0.15) is 0 Å². The third-order valence-corrected chi connectivity index (χ3v) is 7.76. The Morgan fingerprint density at radius 2 is 1.83 bits per heavy atom. The van der Waals surface area contributed by atoms with Crippen LogP contribution in [0, 0.1) is 5.92 Å². The summed E-state index contributed by atoms with van der Waals surface area (Å²) >= 11 is 6.31. The highest BCUT2D eigenvalue weighted by molar-refractivity contribution is 6.32. The molecule has 0 spiro atoms. The van der Waals surface area contributed by atoms with E-state index in [1.807, 2.05) is 48.3 Å². The van der Waals surface area contributed by atoms with Gasteiger partial charge >= 0.3 is 0 Å². The molecule has 8 heteroatoms. The number of piperidine rings is 1. The van der Waals surface area contributed by atoms with Crippen LogP contribution in [0.25, 0.3) is 0 Å². The predicted octanol–water partition coefficient (Wildman–Crippen LogP) is 4.60. The number of amides is 2. The number of likely N-dealkylation sites (N-methyl/N-ethyl adjacent to an activating group) is 1. The van der Waals surface area contributed by atoms with E-state index in [9.17, 15) is 9.59 Å². The Hall–Kier alpha value is -2.64. The summed E-state index contributed by atoms with van der Waals surface area (Å²) in [6.45, 7) is 3.18. The predicted molar refractivity (Wildman–Crippen MR) is 142 cm³/mol. The van der Waals surface area contributed by atoms with Gasteiger partial charge in [-0.25, -0.2) is 4.98 Å². The summed E-state index contributed by atoms with van der Waals surface area (Å²) in [5.74, 6) is 1.37. The second kappa shape index (κ2) is 11.6. The minimum absolute atomic E-state index is 0.0696. The molecule has 3 heterocycles. The van der Waals surface area contributed by atoms with Crippen LogP contribution in [0.5, 0.6) is 0 Å². The molecule has 2 fully saturated rings. The maximum absolute atomic E-state index is 13.4. The highest BCUT2D eigenvalue weighted by atomic mass is 35.5. The molecular weight excluding hydrogens is 476 g/mol. The molecule has 0 radical (unpaired) electrons. The fourth-order valence-corrected chi connectivity index (χ4v) is 5.58. The highest BCUT2D eigenvalue weighted by Gasteiger charge is 2.45. The number of nitrogens with zero attached hydrogens (tertiary/aromatic N) is 4. The molecule has 1 aromatic heterocycles. The molecule has 4 rings (SSSR count). The van der Waals surface area contributed by atoms with E-state index >= 15 is 0 Å². The Labute approximate surface area is 219 Å². The lowest BCUT2D eigenvalue weighted by atomic mass is 9.89. The Morgan fingerprint density at radius 3 is 2.44 bits per heavy atom. The second-order valence-corrected chi connectivity index (χ2v) is 10.5. The number of pyridine rings is 1. The summed E-state index contributed by atoms with van der Waals surface area (Å²) in [6.07, 6.45) is 5.86. The van der Waals surface area contributed by atoms with Crippen LogP contribution >= 0.6 is 11.6 Å². The van der Waals surface area contributed by atoms with Gasteiger partial charge in [0.15, 0.2) is 5.60 Å². The standard InChI is InChI=1S/C28H37ClN4O3/c1-31(2)26(34)23-12-13-24(30-25(23)29)33-18-14-21(15-19-33)9-7-17-32(3)27(35)28(16-8-20-36-28)22-10-5-4-6-11-22/h4-6,10-13,21H,7-9,14-20H2,1-3H3/t28-/m1/s1. The number of halogens is 1. The van der Waals surface area contributed by atoms with E-state index < -0.39 is 5.60 Å². The third kappa shape index (κ3) is 5.68. The van der Waals surface area contributed by atoms with E-state index in [1.54, 1.807) is 20.2 Å². The zero-order chi connectivity index (χ0) is 25.7. The summed E-state index contributed by atoms with van der Waals surface area (Å²) in [6, 6.07) is 13.6. The van der Waals surface area contributed by atoms with Crippen molar-refractivity contribution in [3.05, 3.63) is 58.7 Å². The molecular formula is C28H37ClN4O3. The summed E-state index contributed by atoms with van der Waals surface area (Å²) in [5, 5.41) is 0.251. The molecule has 194 valence electrons. The first-order valence-electron chi connectivity index (χ1n) is 12.9. The van der Waals surface area contributed by atoms with Crippen molar-refractivity contribution in [1.29, 1.82) is 0 Å². The molecule has 0 unspecified atom stereocenters. The normalized spacial score (nSPS) is 20.4. The third-order valence-electron chi connectivity index (χ3n) is 7.47. The second-order valence-electron chi connectivity index (χ2n) is 10.2. The van der Waals surface area contributed by atoms with Gasteiger partial charge in [-0.3, -0.25) is 9.59 Å². The van der Waals surface area contributed by atoms with Crippen LogP contribution in [0.4, 0.5) is 5.82 Å². The van der Waals surface area contributed by atoms with Crippen LogP contribution in [0.3, 0.4) is 0 Å². The average Bonchev–Trinajstić information content (AvgIpc) is 3.40. The van der Waals surface area contributed by atoms with Crippen LogP contribution < -0.4 is 4.90 Å². The SMILES string of the molecule is CN(C)C(=O)c1ccc(N2CCC(CCCN(C)C(=O)[C@]3(c4ccccc4)CCCO3)CC2)nc1Cl. The number of anilines is 1. The molecule has 1 atom stereocenters. The summed E-state index contributed by atoms with van der Waals surface area (Å²) in [7, 11) is 5.31. The molecule has 0 bridgehead atoms. The Morgan fingerprint density at radius 1 is 1.11 bits per heavy atom. The fourth-order valence-electron chi connectivity index (χ4n) is 5.35. The average molecular weight is 513 g/mol. The number of hydrogen-bond donors (Lipinski definition) is 0. The van der Waals surface area contributed by atoms with E-state index in [0.717, 1.165) is 69.5 Å². The van der Waals surface area contributed by atoms with Crippen LogP contribution in [-0.4, -0.2) is 74.0 Å². The zero-order valence-corrected chi connectivity index (χ0v) is 22.3. The van der Waals surface area contributed by atoms with E-state index in [2.05, 4.69) is 9.88 Å². The van der Waals surface area contributed by atoms with E-state index in [1.165, 1.54) is 4.90 Å². The first-order valence-corrected chi connectivity index (χ1v) is 13.3. The first kappa shape index (κ1) is 26.4. The van der Waals surface area contributed by atoms with Gasteiger partial charge < -0.3 is 19.4 Å². The summed E-state index contributed by atoms with van der Waals surface area (Å²) in [4.78, 5) is 35.7. The summed E-state index contributed by atoms with van der Waals surface area (Å²) < 4.78 is 6.07. The molecule has 0 saturated carbocycles. The minimum atomic E-state index is -0.831. The van der Waals surface area contributed by atoms with Crippen LogP contribution in [0.2, 0.25) is 5.15 Å². The fraction of sp³-hybridized carbons (Fsp3) is 0.536. The van der Waals surface area contributed by atoms with Gasteiger partial charge in [0.1, 0.15) is 11.0 Å².